The van der Waals surface area contributed by atoms with Crippen LogP contribution in [0.3, 0.4) is 0 Å². The minimum atomic E-state index is 0.0649. The topological polar surface area (TPSA) is 4.93 Å². The van der Waals surface area contributed by atoms with Crippen LogP contribution in [0.5, 0.6) is 0 Å². The third kappa shape index (κ3) is 3.79. The third-order valence-corrected chi connectivity index (χ3v) is 11.3. The number of benzene rings is 7. The molecular weight excluding hydrogens is 563 g/mol. The van der Waals surface area contributed by atoms with Gasteiger partial charge in [0.1, 0.15) is 0 Å². The van der Waals surface area contributed by atoms with Crippen LogP contribution in [-0.4, -0.2) is 4.57 Å². The number of thiophene rings is 1. The molecule has 0 bridgehead atoms. The molecule has 1 nitrogen and oxygen atoms in total. The second-order valence-electron chi connectivity index (χ2n) is 15.2. The van der Waals surface area contributed by atoms with E-state index in [1.54, 1.807) is 0 Å². The van der Waals surface area contributed by atoms with Gasteiger partial charge in [0.15, 0.2) is 0 Å². The molecular formula is C43H37NS. The van der Waals surface area contributed by atoms with Gasteiger partial charge in [0.05, 0.1) is 11.0 Å². The minimum Gasteiger partial charge on any atom is -0.309 e. The fourth-order valence-corrected chi connectivity index (χ4v) is 8.85. The lowest BCUT2D eigenvalue weighted by atomic mass is 9.85. The maximum atomic E-state index is 2.48. The molecule has 2 aromatic heterocycles. The van der Waals surface area contributed by atoms with Crippen molar-refractivity contribution in [2.24, 2.45) is 0 Å². The Morgan fingerprint density at radius 1 is 0.511 bits per heavy atom. The summed E-state index contributed by atoms with van der Waals surface area (Å²) < 4.78 is 5.25. The first kappa shape index (κ1) is 27.0. The monoisotopic (exact) mass is 599 g/mol. The number of nitrogens with zero attached hydrogens (tertiary/aromatic N) is 1. The van der Waals surface area contributed by atoms with Gasteiger partial charge in [0, 0.05) is 42.0 Å². The van der Waals surface area contributed by atoms with E-state index in [1.165, 1.54) is 96.7 Å². The first-order valence-electron chi connectivity index (χ1n) is 16.1. The van der Waals surface area contributed by atoms with Crippen molar-refractivity contribution >= 4 is 85.6 Å². The van der Waals surface area contributed by atoms with Crippen molar-refractivity contribution in [1.29, 1.82) is 0 Å². The Hall–Kier alpha value is -4.40. The lowest BCUT2D eigenvalue weighted by molar-refractivity contribution is 0.591. The molecule has 220 valence electrons. The van der Waals surface area contributed by atoms with Crippen molar-refractivity contribution < 1.29 is 0 Å². The Morgan fingerprint density at radius 3 is 1.91 bits per heavy atom. The fourth-order valence-electron chi connectivity index (χ4n) is 7.66. The fraction of sp³-hybridized carbons (Fsp3) is 0.209. The Morgan fingerprint density at radius 2 is 1.18 bits per heavy atom. The van der Waals surface area contributed by atoms with Crippen LogP contribution in [0.15, 0.2) is 97.1 Å². The van der Waals surface area contributed by atoms with E-state index in [4.69, 9.17) is 0 Å². The van der Waals surface area contributed by atoms with Crippen molar-refractivity contribution in [2.75, 3.05) is 0 Å². The summed E-state index contributed by atoms with van der Waals surface area (Å²) in [5.74, 6) is 0. The number of aryl methyl sites for hydroxylation is 1. The second kappa shape index (κ2) is 8.86. The van der Waals surface area contributed by atoms with Gasteiger partial charge >= 0.3 is 0 Å². The Balaban J connectivity index is 1.45. The smallest absolute Gasteiger partial charge is 0.0553 e. The van der Waals surface area contributed by atoms with Crippen molar-refractivity contribution in [3.05, 3.63) is 114 Å². The molecule has 0 unspecified atom stereocenters. The van der Waals surface area contributed by atoms with Crippen molar-refractivity contribution in [1.82, 2.24) is 4.57 Å². The Bertz CT molecular complexity index is 2670. The normalized spacial score (nSPS) is 13.2. The van der Waals surface area contributed by atoms with Gasteiger partial charge in [0.2, 0.25) is 0 Å². The largest absolute Gasteiger partial charge is 0.309 e. The zero-order valence-electron chi connectivity index (χ0n) is 27.1. The van der Waals surface area contributed by atoms with Crippen molar-refractivity contribution in [3.8, 4) is 5.69 Å². The number of aromatic nitrogens is 1. The van der Waals surface area contributed by atoms with Gasteiger partial charge in [-0.05, 0) is 110 Å². The number of hydrogen-bond donors (Lipinski definition) is 0. The van der Waals surface area contributed by atoms with E-state index in [0.717, 1.165) is 0 Å². The molecule has 0 radical (unpaired) electrons. The molecule has 9 aromatic rings. The highest BCUT2D eigenvalue weighted by molar-refractivity contribution is 7.26. The average molecular weight is 600 g/mol. The Labute approximate surface area is 268 Å². The molecule has 9 rings (SSSR count). The molecule has 0 fully saturated rings. The van der Waals surface area contributed by atoms with Gasteiger partial charge in [-0.1, -0.05) is 90.1 Å². The molecule has 2 heterocycles. The highest BCUT2D eigenvalue weighted by Gasteiger charge is 2.23. The molecule has 0 aliphatic carbocycles. The summed E-state index contributed by atoms with van der Waals surface area (Å²) in [4.78, 5) is 0. The van der Waals surface area contributed by atoms with Gasteiger partial charge in [-0.3, -0.25) is 0 Å². The highest BCUT2D eigenvalue weighted by Crippen LogP contribution is 2.48. The predicted octanol–water partition coefficient (Wildman–Crippen LogP) is 13.0. The van der Waals surface area contributed by atoms with Crippen LogP contribution < -0.4 is 0 Å². The predicted molar refractivity (Wildman–Crippen MR) is 200 cm³/mol. The number of rotatable bonds is 1. The molecule has 0 aliphatic rings. The summed E-state index contributed by atoms with van der Waals surface area (Å²) in [6.45, 7) is 16.0. The van der Waals surface area contributed by atoms with E-state index >= 15 is 0 Å². The van der Waals surface area contributed by atoms with E-state index in [-0.39, 0.29) is 10.8 Å². The quantitative estimate of drug-likeness (QED) is 0.165. The summed E-state index contributed by atoms with van der Waals surface area (Å²) in [7, 11) is 0. The standard InChI is InChI=1S/C43H37NS/c1-24-9-8-10-29(19-24)44-35-17-13-27(42(2,3)4)23-34(35)40-30-15-16-31-39-25(11-12-26(38(30)39)21-36(40)44)20-33-32-22-28(43(5,6)7)14-18-37(32)45-41(31)33/h8-23H,1-7H3. The van der Waals surface area contributed by atoms with Crippen LogP contribution >= 0.6 is 11.3 Å². The maximum Gasteiger partial charge on any atom is 0.0553 e. The molecule has 0 amide bonds. The lowest BCUT2D eigenvalue weighted by Gasteiger charge is -2.19. The minimum absolute atomic E-state index is 0.0649. The lowest BCUT2D eigenvalue weighted by Crippen LogP contribution is -2.10. The molecule has 7 aromatic carbocycles. The van der Waals surface area contributed by atoms with Crippen LogP contribution in [0.4, 0.5) is 0 Å². The van der Waals surface area contributed by atoms with Gasteiger partial charge in [0.25, 0.3) is 0 Å². The zero-order valence-corrected chi connectivity index (χ0v) is 27.9. The zero-order chi connectivity index (χ0) is 31.0. The Kier molecular flexibility index (Phi) is 5.31. The van der Waals surface area contributed by atoms with Gasteiger partial charge < -0.3 is 4.57 Å². The molecule has 0 N–H and O–H groups in total. The number of fused-ring (bicyclic) bond motifs is 8. The van der Waals surface area contributed by atoms with Crippen LogP contribution in [0.25, 0.3) is 80.0 Å². The van der Waals surface area contributed by atoms with E-state index in [9.17, 15) is 0 Å². The van der Waals surface area contributed by atoms with E-state index < -0.39 is 0 Å². The van der Waals surface area contributed by atoms with E-state index in [2.05, 4.69) is 150 Å². The molecule has 0 saturated carbocycles. The third-order valence-electron chi connectivity index (χ3n) is 10.1. The highest BCUT2D eigenvalue weighted by atomic mass is 32.1. The summed E-state index contributed by atoms with van der Waals surface area (Å²) in [5.41, 5.74) is 7.97. The summed E-state index contributed by atoms with van der Waals surface area (Å²) in [6, 6.07) is 37.6. The van der Waals surface area contributed by atoms with Gasteiger partial charge in [-0.15, -0.1) is 11.3 Å². The first-order chi connectivity index (χ1) is 21.5. The van der Waals surface area contributed by atoms with Gasteiger partial charge in [-0.2, -0.15) is 0 Å². The van der Waals surface area contributed by atoms with E-state index in [0.29, 0.717) is 0 Å². The molecule has 0 saturated heterocycles. The van der Waals surface area contributed by atoms with E-state index in [1.807, 2.05) is 11.3 Å². The average Bonchev–Trinajstić information content (AvgIpc) is 3.53. The van der Waals surface area contributed by atoms with Crippen molar-refractivity contribution in [2.45, 2.75) is 59.3 Å². The number of hydrogen-bond acceptors (Lipinski definition) is 1. The molecule has 0 atom stereocenters. The van der Waals surface area contributed by atoms with Gasteiger partial charge in [-0.25, -0.2) is 0 Å². The second-order valence-corrected chi connectivity index (χ2v) is 16.2. The molecule has 2 heteroatoms. The van der Waals surface area contributed by atoms with Crippen LogP contribution in [-0.2, 0) is 10.8 Å². The molecule has 0 aliphatic heterocycles. The summed E-state index contributed by atoms with van der Waals surface area (Å²) in [5, 5.41) is 13.6. The van der Waals surface area contributed by atoms with Crippen LogP contribution in [0.1, 0.15) is 58.2 Å². The SMILES string of the molecule is Cc1cccc(-n2c3ccc(C(C)(C)C)cc3c3c4ccc5c6sc7ccc(C(C)(C)C)cc7c6cc6ccc(cc32)c4c65)c1. The van der Waals surface area contributed by atoms with Crippen molar-refractivity contribution in [3.63, 3.8) is 0 Å². The van der Waals surface area contributed by atoms with Crippen LogP contribution in [0, 0.1) is 6.92 Å². The summed E-state index contributed by atoms with van der Waals surface area (Å²) in [6.07, 6.45) is 0. The molecule has 0 spiro atoms. The summed E-state index contributed by atoms with van der Waals surface area (Å²) >= 11 is 1.94. The molecule has 45 heavy (non-hydrogen) atoms. The maximum absolute atomic E-state index is 2.48. The van der Waals surface area contributed by atoms with Crippen LogP contribution in [0.2, 0.25) is 0 Å². The first-order valence-corrected chi connectivity index (χ1v) is 16.9.